The fourth-order valence-corrected chi connectivity index (χ4v) is 3.15. The minimum atomic E-state index is -0.187. The topological polar surface area (TPSA) is 59.3 Å². The molecule has 6 heteroatoms. The van der Waals surface area contributed by atoms with Crippen LogP contribution in [0, 0.1) is 6.92 Å². The van der Waals surface area contributed by atoms with Gasteiger partial charge in [0, 0.05) is 5.69 Å². The highest BCUT2D eigenvalue weighted by atomic mass is 32.1. The zero-order valence-corrected chi connectivity index (χ0v) is 13.9. The Balaban J connectivity index is 1.99. The van der Waals surface area contributed by atoms with Gasteiger partial charge in [-0.2, -0.15) is 9.61 Å². The average Bonchev–Trinajstić information content (AvgIpc) is 2.97. The molecule has 0 aliphatic heterocycles. The number of nitrogens with zero attached hydrogens (tertiary/aromatic N) is 3. The predicted octanol–water partition coefficient (Wildman–Crippen LogP) is 3.65. The number of aromatic nitrogens is 3. The number of aryl methyl sites for hydroxylation is 1. The molecule has 1 amide bonds. The first-order chi connectivity index (χ1) is 10.4. The molecule has 114 valence electrons. The number of benzene rings is 1. The molecule has 1 N–H and O–H groups in total. The maximum absolute atomic E-state index is 12.7. The van der Waals surface area contributed by atoms with Crippen LogP contribution in [0.25, 0.3) is 4.96 Å². The Kier molecular flexibility index (Phi) is 3.48. The van der Waals surface area contributed by atoms with Gasteiger partial charge in [0.2, 0.25) is 4.96 Å². The first kappa shape index (κ1) is 14.7. The van der Waals surface area contributed by atoms with Gasteiger partial charge in [-0.15, -0.1) is 0 Å². The number of nitrogens with one attached hydrogen (secondary N) is 1. The Morgan fingerprint density at radius 2 is 2.00 bits per heavy atom. The average molecular weight is 314 g/mol. The van der Waals surface area contributed by atoms with E-state index < -0.39 is 0 Å². The van der Waals surface area contributed by atoms with Crippen LogP contribution in [0.4, 0.5) is 5.69 Å². The van der Waals surface area contributed by atoms with E-state index >= 15 is 0 Å². The van der Waals surface area contributed by atoms with Crippen molar-refractivity contribution in [3.8, 4) is 0 Å². The van der Waals surface area contributed by atoms with E-state index in [1.54, 1.807) is 10.0 Å². The van der Waals surface area contributed by atoms with Crippen LogP contribution in [0.3, 0.4) is 0 Å². The minimum absolute atomic E-state index is 0.0493. The third-order valence-corrected chi connectivity index (χ3v) is 4.19. The van der Waals surface area contributed by atoms with Crippen molar-refractivity contribution in [1.82, 2.24) is 14.6 Å². The number of amides is 1. The molecule has 0 aliphatic carbocycles. The van der Waals surface area contributed by atoms with Crippen LogP contribution in [0.1, 0.15) is 42.5 Å². The van der Waals surface area contributed by atoms with E-state index in [1.807, 2.05) is 31.2 Å². The lowest BCUT2D eigenvalue weighted by atomic mass is 9.86. The molecule has 22 heavy (non-hydrogen) atoms. The summed E-state index contributed by atoms with van der Waals surface area (Å²) in [7, 11) is 0. The van der Waals surface area contributed by atoms with Gasteiger partial charge in [-0.25, -0.2) is 4.98 Å². The lowest BCUT2D eigenvalue weighted by Gasteiger charge is -2.22. The predicted molar refractivity (Wildman–Crippen MR) is 88.7 cm³/mol. The fourth-order valence-electron chi connectivity index (χ4n) is 2.48. The third-order valence-electron chi connectivity index (χ3n) is 3.52. The highest BCUT2D eigenvalue weighted by molar-refractivity contribution is 7.14. The maximum atomic E-state index is 12.7. The Labute approximate surface area is 133 Å². The van der Waals surface area contributed by atoms with Crippen LogP contribution in [0.2, 0.25) is 0 Å². The molecule has 5 nitrogen and oxygen atoms in total. The monoisotopic (exact) mass is 314 g/mol. The van der Waals surface area contributed by atoms with Gasteiger partial charge < -0.3 is 5.32 Å². The van der Waals surface area contributed by atoms with E-state index in [2.05, 4.69) is 36.2 Å². The molecule has 0 unspecified atom stereocenters. The SMILES string of the molecule is Cc1nc2scnn2c1C(=O)Nc1ccccc1C(C)(C)C. The number of hydrogen-bond acceptors (Lipinski definition) is 4. The van der Waals surface area contributed by atoms with Crippen LogP contribution >= 0.6 is 11.3 Å². The lowest BCUT2D eigenvalue weighted by Crippen LogP contribution is -2.20. The number of anilines is 1. The molecule has 0 saturated heterocycles. The summed E-state index contributed by atoms with van der Waals surface area (Å²) >= 11 is 1.41. The molecule has 0 saturated carbocycles. The van der Waals surface area contributed by atoms with Gasteiger partial charge in [-0.1, -0.05) is 50.3 Å². The standard InChI is InChI=1S/C16H18N4OS/c1-10-13(20-15(18-10)22-9-17-20)14(21)19-12-8-6-5-7-11(12)16(2,3)4/h5-9H,1-4H3,(H,19,21). The third kappa shape index (κ3) is 2.50. The van der Waals surface area contributed by atoms with Crippen molar-refractivity contribution in [3.63, 3.8) is 0 Å². The second-order valence-electron chi connectivity index (χ2n) is 6.23. The van der Waals surface area contributed by atoms with Gasteiger partial charge in [0.15, 0.2) is 5.69 Å². The maximum Gasteiger partial charge on any atom is 0.276 e. The van der Waals surface area contributed by atoms with E-state index in [0.29, 0.717) is 11.4 Å². The summed E-state index contributed by atoms with van der Waals surface area (Å²) in [4.78, 5) is 17.8. The Bertz CT molecular complexity index is 841. The molecular formula is C16H18N4OS. The highest BCUT2D eigenvalue weighted by Gasteiger charge is 2.22. The Hall–Kier alpha value is -2.21. The summed E-state index contributed by atoms with van der Waals surface area (Å²) in [6.45, 7) is 8.20. The summed E-state index contributed by atoms with van der Waals surface area (Å²) in [6.07, 6.45) is 0. The zero-order chi connectivity index (χ0) is 15.9. The molecule has 0 aliphatic rings. The molecule has 0 fully saturated rings. The van der Waals surface area contributed by atoms with E-state index in [0.717, 1.165) is 16.2 Å². The van der Waals surface area contributed by atoms with Crippen molar-refractivity contribution in [2.45, 2.75) is 33.1 Å². The molecule has 0 atom stereocenters. The quantitative estimate of drug-likeness (QED) is 0.785. The molecule has 2 heterocycles. The van der Waals surface area contributed by atoms with Gasteiger partial charge in [-0.3, -0.25) is 4.79 Å². The molecule has 3 aromatic rings. The van der Waals surface area contributed by atoms with Crippen molar-refractivity contribution in [2.24, 2.45) is 0 Å². The van der Waals surface area contributed by atoms with Crippen LogP contribution in [-0.4, -0.2) is 20.5 Å². The van der Waals surface area contributed by atoms with Crippen molar-refractivity contribution in [3.05, 3.63) is 46.7 Å². The summed E-state index contributed by atoms with van der Waals surface area (Å²) in [5, 5.41) is 7.19. The molecule has 3 rings (SSSR count). The lowest BCUT2D eigenvalue weighted by molar-refractivity contribution is 0.101. The van der Waals surface area contributed by atoms with E-state index in [-0.39, 0.29) is 11.3 Å². The molecule has 0 spiro atoms. The molecule has 0 radical (unpaired) electrons. The summed E-state index contributed by atoms with van der Waals surface area (Å²) in [6, 6.07) is 7.87. The Morgan fingerprint density at radius 3 is 2.73 bits per heavy atom. The van der Waals surface area contributed by atoms with Crippen LogP contribution in [0.5, 0.6) is 0 Å². The summed E-state index contributed by atoms with van der Waals surface area (Å²) in [5.74, 6) is -0.187. The van der Waals surface area contributed by atoms with Crippen molar-refractivity contribution in [2.75, 3.05) is 5.32 Å². The van der Waals surface area contributed by atoms with Gasteiger partial charge in [0.05, 0.1) is 5.69 Å². The Morgan fingerprint density at radius 1 is 1.27 bits per heavy atom. The van der Waals surface area contributed by atoms with Gasteiger partial charge in [0.25, 0.3) is 5.91 Å². The molecule has 2 aromatic heterocycles. The molecular weight excluding hydrogens is 296 g/mol. The van der Waals surface area contributed by atoms with Gasteiger partial charge >= 0.3 is 0 Å². The van der Waals surface area contributed by atoms with E-state index in [9.17, 15) is 4.79 Å². The van der Waals surface area contributed by atoms with Gasteiger partial charge in [0.1, 0.15) is 5.51 Å². The fraction of sp³-hybridized carbons (Fsp3) is 0.312. The van der Waals surface area contributed by atoms with Crippen LogP contribution < -0.4 is 5.32 Å². The van der Waals surface area contributed by atoms with Crippen molar-refractivity contribution in [1.29, 1.82) is 0 Å². The zero-order valence-electron chi connectivity index (χ0n) is 13.0. The van der Waals surface area contributed by atoms with Crippen LogP contribution in [0.15, 0.2) is 29.8 Å². The first-order valence-corrected chi connectivity index (χ1v) is 7.95. The number of para-hydroxylation sites is 1. The van der Waals surface area contributed by atoms with E-state index in [4.69, 9.17) is 0 Å². The van der Waals surface area contributed by atoms with Gasteiger partial charge in [-0.05, 0) is 24.0 Å². The largest absolute Gasteiger partial charge is 0.320 e. The second-order valence-corrected chi connectivity index (χ2v) is 7.04. The number of fused-ring (bicyclic) bond motifs is 1. The second kappa shape index (κ2) is 5.21. The number of hydrogen-bond donors (Lipinski definition) is 1. The number of carbonyl (C=O) groups excluding carboxylic acids is 1. The normalized spacial score (nSPS) is 11.8. The van der Waals surface area contributed by atoms with Crippen molar-refractivity contribution < 1.29 is 4.79 Å². The molecule has 1 aromatic carbocycles. The number of carbonyl (C=O) groups is 1. The molecule has 0 bridgehead atoms. The van der Waals surface area contributed by atoms with Crippen LogP contribution in [-0.2, 0) is 5.41 Å². The minimum Gasteiger partial charge on any atom is -0.320 e. The summed E-state index contributed by atoms with van der Waals surface area (Å²) in [5.41, 5.74) is 4.73. The summed E-state index contributed by atoms with van der Waals surface area (Å²) < 4.78 is 1.59. The smallest absolute Gasteiger partial charge is 0.276 e. The number of imidazole rings is 1. The first-order valence-electron chi connectivity index (χ1n) is 7.07. The number of rotatable bonds is 2. The van der Waals surface area contributed by atoms with E-state index in [1.165, 1.54) is 11.3 Å². The van der Waals surface area contributed by atoms with Crippen molar-refractivity contribution >= 4 is 27.9 Å². The highest BCUT2D eigenvalue weighted by Crippen LogP contribution is 2.29.